The molecule has 6 heteroatoms. The van der Waals surface area contributed by atoms with Crippen LogP contribution in [0.15, 0.2) is 24.3 Å². The van der Waals surface area contributed by atoms with Crippen LogP contribution in [-0.4, -0.2) is 37.0 Å². The van der Waals surface area contributed by atoms with Gasteiger partial charge in [-0.3, -0.25) is 9.59 Å². The number of hydrogen-bond acceptors (Lipinski definition) is 3. The van der Waals surface area contributed by atoms with Crippen LogP contribution >= 0.6 is 11.6 Å². The average molecular weight is 310 g/mol. The van der Waals surface area contributed by atoms with Crippen molar-refractivity contribution in [2.24, 2.45) is 0 Å². The van der Waals surface area contributed by atoms with Gasteiger partial charge in [0.05, 0.1) is 0 Å². The van der Waals surface area contributed by atoms with E-state index in [9.17, 15) is 9.59 Å². The van der Waals surface area contributed by atoms with Gasteiger partial charge < -0.3 is 16.0 Å². The Hall–Kier alpha value is -1.59. The summed E-state index contributed by atoms with van der Waals surface area (Å²) in [5.74, 6) is -0.427. The Kier molecular flexibility index (Phi) is 5.59. The van der Waals surface area contributed by atoms with Gasteiger partial charge in [0.15, 0.2) is 0 Å². The highest BCUT2D eigenvalue weighted by molar-refractivity contribution is 6.30. The number of carbonyl (C=O) groups excluding carboxylic acids is 2. The zero-order chi connectivity index (χ0) is 15.2. The van der Waals surface area contributed by atoms with E-state index in [0.29, 0.717) is 10.6 Å². The molecule has 1 saturated heterocycles. The quantitative estimate of drug-likeness (QED) is 0.786. The molecule has 2 amide bonds. The average Bonchev–Trinajstić information content (AvgIpc) is 2.48. The van der Waals surface area contributed by atoms with Crippen molar-refractivity contribution in [3.05, 3.63) is 34.9 Å². The molecule has 2 rings (SSSR count). The fourth-order valence-electron chi connectivity index (χ4n) is 2.24. The van der Waals surface area contributed by atoms with Gasteiger partial charge in [0.2, 0.25) is 5.91 Å². The number of amides is 2. The minimum Gasteiger partial charge on any atom is -0.351 e. The van der Waals surface area contributed by atoms with E-state index < -0.39 is 6.04 Å². The fraction of sp³-hybridized carbons (Fsp3) is 0.467. The maximum atomic E-state index is 12.1. The highest BCUT2D eigenvalue weighted by Crippen LogP contribution is 2.09. The topological polar surface area (TPSA) is 70.2 Å². The van der Waals surface area contributed by atoms with Crippen molar-refractivity contribution >= 4 is 23.4 Å². The van der Waals surface area contributed by atoms with E-state index in [1.54, 1.807) is 31.2 Å². The lowest BCUT2D eigenvalue weighted by molar-refractivity contribution is -0.123. The van der Waals surface area contributed by atoms with Gasteiger partial charge in [-0.1, -0.05) is 11.6 Å². The van der Waals surface area contributed by atoms with E-state index in [0.717, 1.165) is 25.9 Å². The van der Waals surface area contributed by atoms with Crippen molar-refractivity contribution in [2.45, 2.75) is 31.8 Å². The standard InChI is InChI=1S/C15H20ClN3O2/c1-10(14(20)19-13-6-8-17-9-7-13)18-15(21)11-2-4-12(16)5-3-11/h2-5,10,13,17H,6-9H2,1H3,(H,18,21)(H,19,20). The molecule has 1 unspecified atom stereocenters. The number of halogens is 1. The minimum atomic E-state index is -0.567. The van der Waals surface area contributed by atoms with E-state index >= 15 is 0 Å². The molecular weight excluding hydrogens is 290 g/mol. The SMILES string of the molecule is CC(NC(=O)c1ccc(Cl)cc1)C(=O)NC1CCNCC1. The molecule has 1 aliphatic heterocycles. The van der Waals surface area contributed by atoms with Gasteiger partial charge in [-0.2, -0.15) is 0 Å². The molecule has 21 heavy (non-hydrogen) atoms. The fourth-order valence-corrected chi connectivity index (χ4v) is 2.37. The van der Waals surface area contributed by atoms with Crippen molar-refractivity contribution in [3.8, 4) is 0 Å². The molecule has 1 aliphatic rings. The zero-order valence-electron chi connectivity index (χ0n) is 12.0. The highest BCUT2D eigenvalue weighted by atomic mass is 35.5. The van der Waals surface area contributed by atoms with Crippen LogP contribution in [-0.2, 0) is 4.79 Å². The minimum absolute atomic E-state index is 0.149. The molecule has 1 aromatic rings. The van der Waals surface area contributed by atoms with Crippen molar-refractivity contribution in [1.82, 2.24) is 16.0 Å². The second-order valence-corrected chi connectivity index (χ2v) is 5.67. The molecule has 0 aliphatic carbocycles. The third-order valence-corrected chi connectivity index (χ3v) is 3.78. The molecule has 0 saturated carbocycles. The summed E-state index contributed by atoms with van der Waals surface area (Å²) in [5, 5.41) is 9.48. The number of hydrogen-bond donors (Lipinski definition) is 3. The summed E-state index contributed by atoms with van der Waals surface area (Å²) < 4.78 is 0. The van der Waals surface area contributed by atoms with Gasteiger partial charge >= 0.3 is 0 Å². The van der Waals surface area contributed by atoms with E-state index in [-0.39, 0.29) is 17.9 Å². The molecule has 0 spiro atoms. The van der Waals surface area contributed by atoms with Crippen LogP contribution in [0.1, 0.15) is 30.1 Å². The number of benzene rings is 1. The lowest BCUT2D eigenvalue weighted by Gasteiger charge is -2.25. The highest BCUT2D eigenvalue weighted by Gasteiger charge is 2.21. The molecular formula is C15H20ClN3O2. The van der Waals surface area contributed by atoms with Crippen LogP contribution in [0.2, 0.25) is 5.02 Å². The van der Waals surface area contributed by atoms with Crippen LogP contribution in [0.4, 0.5) is 0 Å². The third kappa shape index (κ3) is 4.72. The van der Waals surface area contributed by atoms with Crippen LogP contribution in [0, 0.1) is 0 Å². The molecule has 0 bridgehead atoms. The van der Waals surface area contributed by atoms with E-state index in [1.807, 2.05) is 0 Å². The first-order chi connectivity index (χ1) is 10.1. The van der Waals surface area contributed by atoms with Crippen LogP contribution < -0.4 is 16.0 Å². The molecule has 114 valence electrons. The first-order valence-electron chi connectivity index (χ1n) is 7.14. The Morgan fingerprint density at radius 3 is 2.48 bits per heavy atom. The largest absolute Gasteiger partial charge is 0.351 e. The van der Waals surface area contributed by atoms with Crippen LogP contribution in [0.3, 0.4) is 0 Å². The Morgan fingerprint density at radius 2 is 1.86 bits per heavy atom. The Morgan fingerprint density at radius 1 is 1.24 bits per heavy atom. The van der Waals surface area contributed by atoms with E-state index in [1.165, 1.54) is 0 Å². The maximum Gasteiger partial charge on any atom is 0.251 e. The molecule has 0 radical (unpaired) electrons. The number of nitrogens with one attached hydrogen (secondary N) is 3. The smallest absolute Gasteiger partial charge is 0.251 e. The Labute approximate surface area is 129 Å². The first kappa shape index (κ1) is 15.8. The molecule has 1 aromatic carbocycles. The Balaban J connectivity index is 1.84. The monoisotopic (exact) mass is 309 g/mol. The lowest BCUT2D eigenvalue weighted by Crippen LogP contribution is -2.50. The van der Waals surface area contributed by atoms with Gasteiger partial charge in [-0.05, 0) is 57.1 Å². The molecule has 5 nitrogen and oxygen atoms in total. The van der Waals surface area contributed by atoms with Gasteiger partial charge in [-0.25, -0.2) is 0 Å². The third-order valence-electron chi connectivity index (χ3n) is 3.53. The number of piperidine rings is 1. The second kappa shape index (κ2) is 7.43. The summed E-state index contributed by atoms with van der Waals surface area (Å²) in [6.07, 6.45) is 1.84. The van der Waals surface area contributed by atoms with Crippen LogP contribution in [0.5, 0.6) is 0 Å². The molecule has 1 heterocycles. The van der Waals surface area contributed by atoms with Crippen molar-refractivity contribution in [3.63, 3.8) is 0 Å². The number of rotatable bonds is 4. The lowest BCUT2D eigenvalue weighted by atomic mass is 10.1. The molecule has 1 atom stereocenters. The molecule has 0 aromatic heterocycles. The van der Waals surface area contributed by atoms with Crippen molar-refractivity contribution < 1.29 is 9.59 Å². The summed E-state index contributed by atoms with van der Waals surface area (Å²) in [6, 6.07) is 6.19. The summed E-state index contributed by atoms with van der Waals surface area (Å²) in [6.45, 7) is 3.51. The van der Waals surface area contributed by atoms with Crippen molar-refractivity contribution in [2.75, 3.05) is 13.1 Å². The second-order valence-electron chi connectivity index (χ2n) is 5.23. The molecule has 3 N–H and O–H groups in total. The zero-order valence-corrected chi connectivity index (χ0v) is 12.7. The van der Waals surface area contributed by atoms with Gasteiger partial charge in [-0.15, -0.1) is 0 Å². The van der Waals surface area contributed by atoms with E-state index in [2.05, 4.69) is 16.0 Å². The summed E-state index contributed by atoms with van der Waals surface area (Å²) in [4.78, 5) is 24.1. The van der Waals surface area contributed by atoms with Gasteiger partial charge in [0.25, 0.3) is 5.91 Å². The van der Waals surface area contributed by atoms with Crippen molar-refractivity contribution in [1.29, 1.82) is 0 Å². The maximum absolute atomic E-state index is 12.1. The summed E-state index contributed by atoms with van der Waals surface area (Å²) in [5.41, 5.74) is 0.487. The molecule has 1 fully saturated rings. The normalized spacial score (nSPS) is 17.0. The van der Waals surface area contributed by atoms with Gasteiger partial charge in [0.1, 0.15) is 6.04 Å². The first-order valence-corrected chi connectivity index (χ1v) is 7.51. The van der Waals surface area contributed by atoms with E-state index in [4.69, 9.17) is 11.6 Å². The van der Waals surface area contributed by atoms with Crippen LogP contribution in [0.25, 0.3) is 0 Å². The predicted octanol–water partition coefficient (Wildman–Crippen LogP) is 1.33. The predicted molar refractivity (Wildman–Crippen MR) is 82.4 cm³/mol. The Bertz CT molecular complexity index is 498. The van der Waals surface area contributed by atoms with Gasteiger partial charge in [0, 0.05) is 16.6 Å². The summed E-state index contributed by atoms with van der Waals surface area (Å²) in [7, 11) is 0. The summed E-state index contributed by atoms with van der Waals surface area (Å²) >= 11 is 5.78. The number of carbonyl (C=O) groups is 2.